The van der Waals surface area contributed by atoms with Crippen molar-refractivity contribution in [3.8, 4) is 0 Å². The van der Waals surface area contributed by atoms with Crippen LogP contribution in [0.15, 0.2) is 114 Å². The number of hydrogen-bond acceptors (Lipinski definition) is 4. The van der Waals surface area contributed by atoms with Crippen molar-refractivity contribution in [1.29, 1.82) is 0 Å². The van der Waals surface area contributed by atoms with Gasteiger partial charge in [-0.15, -0.1) is 0 Å². The van der Waals surface area contributed by atoms with Crippen LogP contribution in [-0.4, -0.2) is 43.3 Å². The van der Waals surface area contributed by atoms with Gasteiger partial charge in [-0.3, -0.25) is 13.9 Å². The summed E-state index contributed by atoms with van der Waals surface area (Å²) in [5.41, 5.74) is 3.28. The van der Waals surface area contributed by atoms with Gasteiger partial charge >= 0.3 is 0 Å². The molecule has 4 rings (SSSR count). The Hall–Kier alpha value is -4.43. The molecule has 0 fully saturated rings. The Labute approximate surface area is 261 Å². The fourth-order valence-corrected chi connectivity index (χ4v) is 6.55. The van der Waals surface area contributed by atoms with E-state index < -0.39 is 34.1 Å². The number of hydrogen-bond donors (Lipinski definition) is 1. The van der Waals surface area contributed by atoms with Gasteiger partial charge in [0, 0.05) is 18.5 Å². The molecule has 2 amide bonds. The molecule has 1 N–H and O–H groups in total. The van der Waals surface area contributed by atoms with E-state index >= 15 is 0 Å². The number of carbonyl (C=O) groups excluding carboxylic acids is 2. The summed E-state index contributed by atoms with van der Waals surface area (Å²) >= 11 is 0. The molecule has 0 aromatic heterocycles. The summed E-state index contributed by atoms with van der Waals surface area (Å²) < 4.78 is 29.4. The number of sulfonamides is 1. The minimum atomic E-state index is -4.13. The molecule has 0 aliphatic carbocycles. The van der Waals surface area contributed by atoms with E-state index in [1.807, 2.05) is 101 Å². The molecular formula is C36H41N3O4S. The van der Waals surface area contributed by atoms with Gasteiger partial charge in [-0.1, -0.05) is 91.0 Å². The predicted molar refractivity (Wildman–Crippen MR) is 176 cm³/mol. The number of rotatable bonds is 11. The van der Waals surface area contributed by atoms with Crippen molar-refractivity contribution in [3.05, 3.63) is 131 Å². The molecule has 44 heavy (non-hydrogen) atoms. The molecule has 7 nitrogen and oxygen atoms in total. The number of nitrogens with one attached hydrogen (secondary N) is 1. The number of nitrogens with zero attached hydrogens (tertiary/aromatic N) is 2. The van der Waals surface area contributed by atoms with Crippen LogP contribution in [0.4, 0.5) is 5.69 Å². The maximum atomic E-state index is 14.6. The number of para-hydroxylation sites is 1. The largest absolute Gasteiger partial charge is 0.350 e. The van der Waals surface area contributed by atoms with E-state index in [1.165, 1.54) is 17.0 Å². The molecule has 4 aromatic rings. The van der Waals surface area contributed by atoms with E-state index in [4.69, 9.17) is 0 Å². The van der Waals surface area contributed by atoms with Crippen LogP contribution in [0.25, 0.3) is 0 Å². The van der Waals surface area contributed by atoms with Crippen molar-refractivity contribution in [2.45, 2.75) is 64.1 Å². The number of anilines is 1. The van der Waals surface area contributed by atoms with E-state index in [1.54, 1.807) is 30.3 Å². The average Bonchev–Trinajstić information content (AvgIpc) is 2.99. The molecule has 0 bridgehead atoms. The number of carbonyl (C=O) groups is 2. The van der Waals surface area contributed by atoms with Crippen molar-refractivity contribution in [1.82, 2.24) is 10.2 Å². The average molecular weight is 612 g/mol. The van der Waals surface area contributed by atoms with Gasteiger partial charge < -0.3 is 10.2 Å². The zero-order valence-corrected chi connectivity index (χ0v) is 26.8. The van der Waals surface area contributed by atoms with Crippen LogP contribution in [0.3, 0.4) is 0 Å². The normalized spacial score (nSPS) is 12.3. The summed E-state index contributed by atoms with van der Waals surface area (Å²) in [4.78, 5) is 30.2. The monoisotopic (exact) mass is 611 g/mol. The second-order valence-corrected chi connectivity index (χ2v) is 13.9. The Morgan fingerprint density at radius 3 is 1.89 bits per heavy atom. The van der Waals surface area contributed by atoms with Crippen LogP contribution in [0, 0.1) is 13.8 Å². The van der Waals surface area contributed by atoms with Crippen LogP contribution < -0.4 is 9.62 Å². The van der Waals surface area contributed by atoms with Crippen molar-refractivity contribution >= 4 is 27.5 Å². The van der Waals surface area contributed by atoms with Crippen molar-refractivity contribution < 1.29 is 18.0 Å². The second kappa shape index (κ2) is 13.9. The fourth-order valence-electron chi connectivity index (χ4n) is 5.05. The highest BCUT2D eigenvalue weighted by Gasteiger charge is 2.36. The molecule has 1 atom stereocenters. The van der Waals surface area contributed by atoms with Crippen molar-refractivity contribution in [2.75, 3.05) is 10.8 Å². The lowest BCUT2D eigenvalue weighted by Gasteiger charge is -2.35. The molecule has 0 radical (unpaired) electrons. The fraction of sp³-hybridized carbons (Fsp3) is 0.278. The zero-order valence-electron chi connectivity index (χ0n) is 26.0. The third kappa shape index (κ3) is 8.14. The standard InChI is InChI=1S/C36H41N3O4S/c1-27-16-12-14-20-30(27)25-38(33(35(41)37-36(3,4)5)24-29-18-8-6-9-19-29)34(40)26-39(32-23-15-13-17-28(32)2)44(42,43)31-21-10-7-11-22-31/h6-23,33H,24-26H2,1-5H3,(H,37,41). The Kier molecular flexibility index (Phi) is 10.3. The van der Waals surface area contributed by atoms with E-state index in [-0.39, 0.29) is 23.8 Å². The molecule has 0 saturated carbocycles. The summed E-state index contributed by atoms with van der Waals surface area (Å²) in [6.45, 7) is 9.10. The van der Waals surface area contributed by atoms with Crippen molar-refractivity contribution in [3.63, 3.8) is 0 Å². The summed E-state index contributed by atoms with van der Waals surface area (Å²) in [5.74, 6) is -0.794. The Balaban J connectivity index is 1.83. The predicted octanol–water partition coefficient (Wildman–Crippen LogP) is 6.05. The number of aryl methyl sites for hydroxylation is 2. The van der Waals surface area contributed by atoms with Gasteiger partial charge in [0.2, 0.25) is 11.8 Å². The molecule has 8 heteroatoms. The molecule has 230 valence electrons. The highest BCUT2D eigenvalue weighted by molar-refractivity contribution is 7.92. The Morgan fingerprint density at radius 2 is 1.30 bits per heavy atom. The molecule has 0 saturated heterocycles. The van der Waals surface area contributed by atoms with Crippen molar-refractivity contribution in [2.24, 2.45) is 0 Å². The second-order valence-electron chi connectivity index (χ2n) is 12.0. The Morgan fingerprint density at radius 1 is 0.750 bits per heavy atom. The topological polar surface area (TPSA) is 86.8 Å². The van der Waals surface area contributed by atoms with E-state index in [2.05, 4.69) is 5.32 Å². The van der Waals surface area contributed by atoms with E-state index in [9.17, 15) is 18.0 Å². The summed E-state index contributed by atoms with van der Waals surface area (Å²) in [6, 6.07) is 31.5. The first-order chi connectivity index (χ1) is 20.9. The van der Waals surface area contributed by atoms with Crippen LogP contribution in [0.1, 0.15) is 43.0 Å². The van der Waals surface area contributed by atoms with Crippen LogP contribution in [0.2, 0.25) is 0 Å². The molecule has 0 aliphatic heterocycles. The lowest BCUT2D eigenvalue weighted by Crippen LogP contribution is -2.56. The third-order valence-electron chi connectivity index (χ3n) is 7.37. The smallest absolute Gasteiger partial charge is 0.264 e. The lowest BCUT2D eigenvalue weighted by atomic mass is 10.00. The van der Waals surface area contributed by atoms with Gasteiger partial charge in [0.25, 0.3) is 10.0 Å². The first-order valence-electron chi connectivity index (χ1n) is 14.7. The molecule has 1 unspecified atom stereocenters. The van der Waals surface area contributed by atoms with Gasteiger partial charge in [0.05, 0.1) is 10.6 Å². The van der Waals surface area contributed by atoms with Gasteiger partial charge in [0.1, 0.15) is 12.6 Å². The maximum Gasteiger partial charge on any atom is 0.264 e. The van der Waals surface area contributed by atoms with Crippen LogP contribution in [-0.2, 0) is 32.6 Å². The van der Waals surface area contributed by atoms with Gasteiger partial charge in [-0.05, 0) is 75.1 Å². The van der Waals surface area contributed by atoms with Gasteiger partial charge in [-0.2, -0.15) is 0 Å². The zero-order chi connectivity index (χ0) is 31.9. The van der Waals surface area contributed by atoms with E-state index in [0.717, 1.165) is 21.0 Å². The SMILES string of the molecule is Cc1ccccc1CN(C(=O)CN(c1ccccc1C)S(=O)(=O)c1ccccc1)C(Cc1ccccc1)C(=O)NC(C)(C)C. The first-order valence-corrected chi connectivity index (χ1v) is 16.1. The minimum absolute atomic E-state index is 0.0767. The third-order valence-corrected chi connectivity index (χ3v) is 9.14. The molecule has 0 spiro atoms. The highest BCUT2D eigenvalue weighted by atomic mass is 32.2. The number of amides is 2. The van der Waals surface area contributed by atoms with Crippen LogP contribution >= 0.6 is 0 Å². The van der Waals surface area contributed by atoms with Crippen LogP contribution in [0.5, 0.6) is 0 Å². The van der Waals surface area contributed by atoms with Gasteiger partial charge in [-0.25, -0.2) is 8.42 Å². The molecule has 0 heterocycles. The molecule has 4 aromatic carbocycles. The summed E-state index contributed by atoms with van der Waals surface area (Å²) in [6.07, 6.45) is 0.260. The summed E-state index contributed by atoms with van der Waals surface area (Å²) in [7, 11) is -4.13. The Bertz CT molecular complexity index is 1680. The first kappa shape index (κ1) is 32.5. The maximum absolute atomic E-state index is 14.6. The van der Waals surface area contributed by atoms with E-state index in [0.29, 0.717) is 11.3 Å². The molecule has 0 aliphatic rings. The lowest BCUT2D eigenvalue weighted by molar-refractivity contribution is -0.140. The quantitative estimate of drug-likeness (QED) is 0.224. The number of benzene rings is 4. The molecular weight excluding hydrogens is 570 g/mol. The summed E-state index contributed by atoms with van der Waals surface area (Å²) in [5, 5.41) is 3.06. The van der Waals surface area contributed by atoms with Gasteiger partial charge in [0.15, 0.2) is 0 Å². The minimum Gasteiger partial charge on any atom is -0.350 e. The highest BCUT2D eigenvalue weighted by Crippen LogP contribution is 2.28.